The molecule has 1 fully saturated rings. The van der Waals surface area contributed by atoms with Gasteiger partial charge in [0.2, 0.25) is 0 Å². The maximum absolute atomic E-state index is 4.49. The highest BCUT2D eigenvalue weighted by Gasteiger charge is 2.26. The number of hydrogen-bond donors (Lipinski definition) is 0. The molecule has 1 saturated heterocycles. The molecule has 0 amide bonds. The Labute approximate surface area is 145 Å². The number of hydrogen-bond acceptors (Lipinski definition) is 6. The average Bonchev–Trinajstić information content (AvgIpc) is 3.32. The molecule has 4 rings (SSSR count). The summed E-state index contributed by atoms with van der Waals surface area (Å²) in [6.07, 6.45) is 7.86. The van der Waals surface area contributed by atoms with Crippen LogP contribution in [0.3, 0.4) is 0 Å². The van der Waals surface area contributed by atoms with Crippen LogP contribution in [0, 0.1) is 6.92 Å². The SMILES string of the molecule is Cc1nccn1Cc1nnc(C2CCN(c3nccs3)CC2)n1C. The Kier molecular flexibility index (Phi) is 4.05. The zero-order valence-corrected chi connectivity index (χ0v) is 14.8. The van der Waals surface area contributed by atoms with Crippen molar-refractivity contribution >= 4 is 16.5 Å². The highest BCUT2D eigenvalue weighted by molar-refractivity contribution is 7.13. The lowest BCUT2D eigenvalue weighted by Crippen LogP contribution is -2.33. The van der Waals surface area contributed by atoms with Crippen molar-refractivity contribution < 1.29 is 0 Å². The molecule has 0 atom stereocenters. The summed E-state index contributed by atoms with van der Waals surface area (Å²) in [5, 5.41) is 12.1. The minimum Gasteiger partial charge on any atom is -0.348 e. The average molecular weight is 343 g/mol. The van der Waals surface area contributed by atoms with Gasteiger partial charge in [-0.15, -0.1) is 21.5 Å². The van der Waals surface area contributed by atoms with Crippen molar-refractivity contribution in [2.75, 3.05) is 18.0 Å². The molecule has 0 radical (unpaired) electrons. The number of aromatic nitrogens is 6. The molecule has 4 heterocycles. The van der Waals surface area contributed by atoms with E-state index < -0.39 is 0 Å². The van der Waals surface area contributed by atoms with Gasteiger partial charge in [0.05, 0.1) is 6.54 Å². The fourth-order valence-electron chi connectivity index (χ4n) is 3.29. The number of anilines is 1. The van der Waals surface area contributed by atoms with Gasteiger partial charge in [-0.25, -0.2) is 9.97 Å². The van der Waals surface area contributed by atoms with E-state index >= 15 is 0 Å². The molecule has 0 saturated carbocycles. The molecular formula is C16H21N7S. The summed E-state index contributed by atoms with van der Waals surface area (Å²) in [5.41, 5.74) is 0. The largest absolute Gasteiger partial charge is 0.348 e. The van der Waals surface area contributed by atoms with Crippen molar-refractivity contribution in [1.82, 2.24) is 29.3 Å². The molecule has 126 valence electrons. The van der Waals surface area contributed by atoms with Crippen molar-refractivity contribution in [2.45, 2.75) is 32.2 Å². The van der Waals surface area contributed by atoms with Crippen molar-refractivity contribution in [3.05, 3.63) is 41.4 Å². The third-order valence-corrected chi connectivity index (χ3v) is 5.62. The number of imidazole rings is 1. The van der Waals surface area contributed by atoms with Crippen LogP contribution in [0.15, 0.2) is 24.0 Å². The lowest BCUT2D eigenvalue weighted by Gasteiger charge is -2.31. The van der Waals surface area contributed by atoms with Gasteiger partial charge in [0.15, 0.2) is 11.0 Å². The first-order valence-electron chi connectivity index (χ1n) is 8.22. The van der Waals surface area contributed by atoms with Crippen molar-refractivity contribution in [1.29, 1.82) is 0 Å². The molecule has 1 aliphatic heterocycles. The van der Waals surface area contributed by atoms with E-state index in [2.05, 4.69) is 41.2 Å². The molecule has 0 bridgehead atoms. The first-order valence-corrected chi connectivity index (χ1v) is 9.10. The summed E-state index contributed by atoms with van der Waals surface area (Å²) in [4.78, 5) is 11.0. The quantitative estimate of drug-likeness (QED) is 0.727. The van der Waals surface area contributed by atoms with Crippen LogP contribution < -0.4 is 4.90 Å². The monoisotopic (exact) mass is 343 g/mol. The van der Waals surface area contributed by atoms with Crippen LogP contribution in [0.25, 0.3) is 0 Å². The van der Waals surface area contributed by atoms with E-state index in [-0.39, 0.29) is 0 Å². The molecule has 0 aliphatic carbocycles. The fourth-order valence-corrected chi connectivity index (χ4v) is 3.99. The fraction of sp³-hybridized carbons (Fsp3) is 0.500. The second kappa shape index (κ2) is 6.35. The topological polar surface area (TPSA) is 64.7 Å². The number of rotatable bonds is 4. The van der Waals surface area contributed by atoms with Crippen LogP contribution in [-0.2, 0) is 13.6 Å². The minimum atomic E-state index is 0.469. The highest BCUT2D eigenvalue weighted by Crippen LogP contribution is 2.30. The Hall–Kier alpha value is -2.22. The molecule has 0 unspecified atom stereocenters. The predicted octanol–water partition coefficient (Wildman–Crippen LogP) is 2.21. The van der Waals surface area contributed by atoms with E-state index in [9.17, 15) is 0 Å². The Morgan fingerprint density at radius 2 is 2.00 bits per heavy atom. The number of thiazole rings is 1. The maximum Gasteiger partial charge on any atom is 0.185 e. The van der Waals surface area contributed by atoms with Gasteiger partial charge in [0.25, 0.3) is 0 Å². The molecule has 3 aromatic rings. The smallest absolute Gasteiger partial charge is 0.185 e. The molecule has 8 heteroatoms. The molecule has 7 nitrogen and oxygen atoms in total. The predicted molar refractivity (Wildman–Crippen MR) is 93.4 cm³/mol. The van der Waals surface area contributed by atoms with Gasteiger partial charge in [-0.3, -0.25) is 0 Å². The summed E-state index contributed by atoms with van der Waals surface area (Å²) in [6, 6.07) is 0. The minimum absolute atomic E-state index is 0.469. The van der Waals surface area contributed by atoms with Gasteiger partial charge in [-0.1, -0.05) is 0 Å². The van der Waals surface area contributed by atoms with Gasteiger partial charge in [0.1, 0.15) is 11.6 Å². The Morgan fingerprint density at radius 1 is 1.17 bits per heavy atom. The van der Waals surface area contributed by atoms with E-state index in [0.29, 0.717) is 12.5 Å². The van der Waals surface area contributed by atoms with Gasteiger partial charge < -0.3 is 14.0 Å². The molecule has 0 aromatic carbocycles. The van der Waals surface area contributed by atoms with E-state index in [1.54, 1.807) is 11.3 Å². The first-order chi connectivity index (χ1) is 11.7. The summed E-state index contributed by atoms with van der Waals surface area (Å²) >= 11 is 1.71. The van der Waals surface area contributed by atoms with Gasteiger partial charge in [-0.05, 0) is 19.8 Å². The maximum atomic E-state index is 4.49. The van der Waals surface area contributed by atoms with Crippen LogP contribution in [-0.4, -0.2) is 42.4 Å². The van der Waals surface area contributed by atoms with Crippen LogP contribution in [0.2, 0.25) is 0 Å². The van der Waals surface area contributed by atoms with E-state index in [4.69, 9.17) is 0 Å². The zero-order chi connectivity index (χ0) is 16.5. The highest BCUT2D eigenvalue weighted by atomic mass is 32.1. The normalized spacial score (nSPS) is 16.0. The standard InChI is InChI=1S/C16H21N7S/c1-12-17-5-9-23(12)11-14-19-20-15(21(14)2)13-3-7-22(8-4-13)16-18-6-10-24-16/h5-6,9-10,13H,3-4,7-8,11H2,1-2H3. The third-order valence-electron chi connectivity index (χ3n) is 4.78. The van der Waals surface area contributed by atoms with Gasteiger partial charge in [0, 0.05) is 50.0 Å². The van der Waals surface area contributed by atoms with Crippen molar-refractivity contribution in [2.24, 2.45) is 7.05 Å². The summed E-state index contributed by atoms with van der Waals surface area (Å²) in [5.74, 6) is 3.54. The van der Waals surface area contributed by atoms with Crippen LogP contribution in [0.4, 0.5) is 5.13 Å². The van der Waals surface area contributed by atoms with Gasteiger partial charge >= 0.3 is 0 Å². The lowest BCUT2D eigenvalue weighted by molar-refractivity contribution is 0.471. The van der Waals surface area contributed by atoms with E-state index in [1.165, 1.54) is 0 Å². The molecule has 0 spiro atoms. The van der Waals surface area contributed by atoms with Crippen molar-refractivity contribution in [3.8, 4) is 0 Å². The summed E-state index contributed by atoms with van der Waals surface area (Å²) < 4.78 is 4.25. The Morgan fingerprint density at radius 3 is 2.67 bits per heavy atom. The summed E-state index contributed by atoms with van der Waals surface area (Å²) in [7, 11) is 2.07. The van der Waals surface area contributed by atoms with Crippen LogP contribution in [0.1, 0.15) is 36.2 Å². The van der Waals surface area contributed by atoms with E-state index in [1.807, 2.05) is 30.9 Å². The summed E-state index contributed by atoms with van der Waals surface area (Å²) in [6.45, 7) is 4.78. The second-order valence-electron chi connectivity index (χ2n) is 6.21. The first kappa shape index (κ1) is 15.3. The Balaban J connectivity index is 1.45. The lowest BCUT2D eigenvalue weighted by atomic mass is 9.96. The van der Waals surface area contributed by atoms with Gasteiger partial charge in [-0.2, -0.15) is 0 Å². The number of piperidine rings is 1. The molecule has 3 aromatic heterocycles. The molecular weight excluding hydrogens is 322 g/mol. The Bertz CT molecular complexity index is 796. The molecule has 1 aliphatic rings. The number of nitrogens with zero attached hydrogens (tertiary/aromatic N) is 7. The van der Waals surface area contributed by atoms with Crippen LogP contribution in [0.5, 0.6) is 0 Å². The zero-order valence-electron chi connectivity index (χ0n) is 14.0. The van der Waals surface area contributed by atoms with Crippen LogP contribution >= 0.6 is 11.3 Å². The third kappa shape index (κ3) is 2.82. The van der Waals surface area contributed by atoms with Crippen molar-refractivity contribution in [3.63, 3.8) is 0 Å². The molecule has 0 N–H and O–H groups in total. The number of aryl methyl sites for hydroxylation is 1. The molecule has 24 heavy (non-hydrogen) atoms. The second-order valence-corrected chi connectivity index (χ2v) is 7.08. The van der Waals surface area contributed by atoms with E-state index in [0.717, 1.165) is 48.5 Å².